The van der Waals surface area contributed by atoms with Crippen molar-refractivity contribution in [1.29, 1.82) is 0 Å². The molecule has 0 aliphatic heterocycles. The van der Waals surface area contributed by atoms with Gasteiger partial charge in [-0.15, -0.1) is 22.7 Å². The van der Waals surface area contributed by atoms with Crippen LogP contribution in [0.25, 0.3) is 0 Å². The summed E-state index contributed by atoms with van der Waals surface area (Å²) >= 11 is 8.84. The van der Waals surface area contributed by atoms with Crippen LogP contribution in [-0.2, 0) is 13.1 Å². The van der Waals surface area contributed by atoms with E-state index in [1.807, 2.05) is 35.0 Å². The van der Waals surface area contributed by atoms with Crippen LogP contribution in [0.2, 0.25) is 0 Å². The lowest BCUT2D eigenvalue weighted by atomic mass is 10.4. The topological polar surface area (TPSA) is 20.3 Å². The third-order valence-electron chi connectivity index (χ3n) is 2.10. The van der Waals surface area contributed by atoms with E-state index < -0.39 is 5.37 Å². The Kier molecular flexibility index (Phi) is 3.98. The molecule has 0 atom stereocenters. The van der Waals surface area contributed by atoms with E-state index in [-0.39, 0.29) is 0 Å². The Hall–Kier alpha value is -0.840. The van der Waals surface area contributed by atoms with Gasteiger partial charge in [0.05, 0.1) is 13.1 Å². The molecule has 0 aromatic carbocycles. The highest BCUT2D eigenvalue weighted by Gasteiger charge is 2.12. The molecular formula is C11H10ClNOS2. The maximum absolute atomic E-state index is 11.3. The molecule has 0 N–H and O–H groups in total. The van der Waals surface area contributed by atoms with Crippen molar-refractivity contribution in [2.45, 2.75) is 13.1 Å². The van der Waals surface area contributed by atoms with Crippen LogP contribution in [0, 0.1) is 0 Å². The van der Waals surface area contributed by atoms with Gasteiger partial charge in [0.25, 0.3) is 0 Å². The highest BCUT2D eigenvalue weighted by molar-refractivity contribution is 7.10. The number of rotatable bonds is 4. The summed E-state index contributed by atoms with van der Waals surface area (Å²) < 4.78 is 0. The number of hydrogen-bond donors (Lipinski definition) is 0. The number of nitrogens with zero attached hydrogens (tertiary/aromatic N) is 1. The summed E-state index contributed by atoms with van der Waals surface area (Å²) in [7, 11) is 0. The van der Waals surface area contributed by atoms with E-state index in [9.17, 15) is 4.79 Å². The zero-order valence-electron chi connectivity index (χ0n) is 8.43. The Balaban J connectivity index is 2.03. The highest BCUT2D eigenvalue weighted by atomic mass is 35.5. The number of amides is 1. The van der Waals surface area contributed by atoms with Crippen LogP contribution < -0.4 is 0 Å². The van der Waals surface area contributed by atoms with E-state index in [4.69, 9.17) is 11.6 Å². The van der Waals surface area contributed by atoms with Crippen molar-refractivity contribution in [3.8, 4) is 0 Å². The van der Waals surface area contributed by atoms with Gasteiger partial charge in [0.2, 0.25) is 0 Å². The van der Waals surface area contributed by atoms with Gasteiger partial charge >= 0.3 is 5.37 Å². The van der Waals surface area contributed by atoms with Crippen molar-refractivity contribution in [3.63, 3.8) is 0 Å². The SMILES string of the molecule is O=C(Cl)N(Cc1cccs1)Cc1cccs1. The summed E-state index contributed by atoms with van der Waals surface area (Å²) in [5, 5.41) is 3.59. The monoisotopic (exact) mass is 271 g/mol. The first-order valence-electron chi connectivity index (χ1n) is 4.75. The molecule has 5 heteroatoms. The molecule has 0 radical (unpaired) electrons. The molecule has 0 spiro atoms. The van der Waals surface area contributed by atoms with E-state index in [0.29, 0.717) is 13.1 Å². The van der Waals surface area contributed by atoms with Gasteiger partial charge in [-0.05, 0) is 34.5 Å². The summed E-state index contributed by atoms with van der Waals surface area (Å²) in [5.41, 5.74) is 0. The molecule has 84 valence electrons. The van der Waals surface area contributed by atoms with Gasteiger partial charge in [0, 0.05) is 9.75 Å². The lowest BCUT2D eigenvalue weighted by Gasteiger charge is -2.17. The Morgan fingerprint density at radius 2 is 1.62 bits per heavy atom. The van der Waals surface area contributed by atoms with Gasteiger partial charge in [0.15, 0.2) is 0 Å². The summed E-state index contributed by atoms with van der Waals surface area (Å²) in [5.74, 6) is 0. The standard InChI is InChI=1S/C11H10ClNOS2/c12-11(14)13(7-9-3-1-5-15-9)8-10-4-2-6-16-10/h1-6H,7-8H2. The van der Waals surface area contributed by atoms with Crippen LogP contribution >= 0.6 is 34.3 Å². The van der Waals surface area contributed by atoms with Gasteiger partial charge in [0.1, 0.15) is 0 Å². The van der Waals surface area contributed by atoms with Gasteiger partial charge in [-0.3, -0.25) is 4.79 Å². The van der Waals surface area contributed by atoms with E-state index in [1.165, 1.54) is 0 Å². The first kappa shape index (κ1) is 11.6. The van der Waals surface area contributed by atoms with Crippen LogP contribution in [0.15, 0.2) is 35.0 Å². The van der Waals surface area contributed by atoms with Gasteiger partial charge < -0.3 is 4.90 Å². The van der Waals surface area contributed by atoms with E-state index >= 15 is 0 Å². The first-order chi connectivity index (χ1) is 7.75. The van der Waals surface area contributed by atoms with Gasteiger partial charge in [-0.2, -0.15) is 0 Å². The molecule has 2 aromatic heterocycles. The Labute approximate surface area is 107 Å². The zero-order valence-corrected chi connectivity index (χ0v) is 10.8. The number of carbonyl (C=O) groups is 1. The van der Waals surface area contributed by atoms with Crippen molar-refractivity contribution in [3.05, 3.63) is 44.8 Å². The van der Waals surface area contributed by atoms with Crippen LogP contribution in [0.3, 0.4) is 0 Å². The average Bonchev–Trinajstić information content (AvgIpc) is 2.88. The molecule has 2 heterocycles. The molecule has 0 bridgehead atoms. The second kappa shape index (κ2) is 5.48. The van der Waals surface area contributed by atoms with Crippen molar-refractivity contribution >= 4 is 39.6 Å². The molecule has 0 aliphatic carbocycles. The minimum absolute atomic E-state index is 0.401. The molecule has 0 aliphatic rings. The van der Waals surface area contributed by atoms with Crippen LogP contribution in [0.4, 0.5) is 4.79 Å². The predicted octanol–water partition coefficient (Wildman–Crippen LogP) is 4.17. The molecule has 0 unspecified atom stereocenters. The zero-order chi connectivity index (χ0) is 11.4. The summed E-state index contributed by atoms with van der Waals surface area (Å²) in [6.45, 7) is 1.16. The minimum atomic E-state index is -0.401. The molecule has 0 saturated carbocycles. The highest BCUT2D eigenvalue weighted by Crippen LogP contribution is 2.18. The Bertz CT molecular complexity index is 402. The quantitative estimate of drug-likeness (QED) is 0.604. The van der Waals surface area contributed by atoms with Crippen molar-refractivity contribution in [2.75, 3.05) is 0 Å². The molecule has 2 aromatic rings. The number of halogens is 1. The number of carbonyl (C=O) groups excluding carboxylic acids is 1. The van der Waals surface area contributed by atoms with Crippen molar-refractivity contribution < 1.29 is 4.79 Å². The lowest BCUT2D eigenvalue weighted by Crippen LogP contribution is -2.24. The second-order valence-corrected chi connectivity index (χ2v) is 5.66. The van der Waals surface area contributed by atoms with Crippen LogP contribution in [0.5, 0.6) is 0 Å². The van der Waals surface area contributed by atoms with E-state index in [0.717, 1.165) is 9.75 Å². The van der Waals surface area contributed by atoms with Gasteiger partial charge in [-0.1, -0.05) is 12.1 Å². The molecule has 0 saturated heterocycles. The maximum atomic E-state index is 11.3. The normalized spacial score (nSPS) is 10.3. The van der Waals surface area contributed by atoms with Crippen molar-refractivity contribution in [2.24, 2.45) is 0 Å². The second-order valence-electron chi connectivity index (χ2n) is 3.27. The fourth-order valence-electron chi connectivity index (χ4n) is 1.36. The molecular weight excluding hydrogens is 262 g/mol. The van der Waals surface area contributed by atoms with E-state index in [2.05, 4.69) is 0 Å². The summed E-state index contributed by atoms with van der Waals surface area (Å²) in [4.78, 5) is 15.2. The molecule has 2 nitrogen and oxygen atoms in total. The Morgan fingerprint density at radius 3 is 1.94 bits per heavy atom. The van der Waals surface area contributed by atoms with Crippen molar-refractivity contribution in [1.82, 2.24) is 4.90 Å². The molecule has 1 amide bonds. The maximum Gasteiger partial charge on any atom is 0.317 e. The fraction of sp³-hybridized carbons (Fsp3) is 0.182. The molecule has 2 rings (SSSR count). The summed E-state index contributed by atoms with van der Waals surface area (Å²) in [6, 6.07) is 7.96. The minimum Gasteiger partial charge on any atom is -0.319 e. The third-order valence-corrected chi connectivity index (χ3v) is 4.06. The first-order valence-corrected chi connectivity index (χ1v) is 6.88. The third kappa shape index (κ3) is 3.07. The largest absolute Gasteiger partial charge is 0.319 e. The number of thiophene rings is 2. The fourth-order valence-corrected chi connectivity index (χ4v) is 2.92. The van der Waals surface area contributed by atoms with Crippen LogP contribution in [0.1, 0.15) is 9.75 Å². The van der Waals surface area contributed by atoms with E-state index in [1.54, 1.807) is 27.6 Å². The predicted molar refractivity (Wildman–Crippen MR) is 69.1 cm³/mol. The van der Waals surface area contributed by atoms with Gasteiger partial charge in [-0.25, -0.2) is 0 Å². The average molecular weight is 272 g/mol. The van der Waals surface area contributed by atoms with Crippen LogP contribution in [-0.4, -0.2) is 10.3 Å². The summed E-state index contributed by atoms with van der Waals surface area (Å²) in [6.07, 6.45) is 0. The Morgan fingerprint density at radius 1 is 1.12 bits per heavy atom. The lowest BCUT2D eigenvalue weighted by molar-refractivity contribution is 0.218. The number of hydrogen-bond acceptors (Lipinski definition) is 3. The molecule has 0 fully saturated rings. The smallest absolute Gasteiger partial charge is 0.317 e. The molecule has 16 heavy (non-hydrogen) atoms.